The topological polar surface area (TPSA) is 76.5 Å². The Hall–Kier alpha value is -2.16. The van der Waals surface area contributed by atoms with Crippen LogP contribution in [0.25, 0.3) is 0 Å². The van der Waals surface area contributed by atoms with Gasteiger partial charge in [-0.3, -0.25) is 14.3 Å². The lowest BCUT2D eigenvalue weighted by Crippen LogP contribution is -2.37. The zero-order valence-corrected chi connectivity index (χ0v) is 20.7. The van der Waals surface area contributed by atoms with E-state index in [4.69, 9.17) is 4.74 Å². The number of hydrogen-bond donors (Lipinski definition) is 1. The van der Waals surface area contributed by atoms with Gasteiger partial charge in [0.2, 0.25) is 5.91 Å². The molecule has 0 bridgehead atoms. The Kier molecular flexibility index (Phi) is 7.88. The van der Waals surface area contributed by atoms with Crippen LogP contribution in [-0.4, -0.2) is 59.0 Å². The lowest BCUT2D eigenvalue weighted by atomic mass is 10.1. The number of morpholine rings is 1. The molecule has 178 valence electrons. The van der Waals surface area contributed by atoms with Gasteiger partial charge in [-0.1, -0.05) is 29.5 Å². The van der Waals surface area contributed by atoms with E-state index in [-0.39, 0.29) is 17.3 Å². The molecule has 0 radical (unpaired) electrons. The third-order valence-corrected chi connectivity index (χ3v) is 7.46. The number of benzene rings is 1. The first-order valence-electron chi connectivity index (χ1n) is 11.9. The summed E-state index contributed by atoms with van der Waals surface area (Å²) < 4.78 is 7.28. The highest BCUT2D eigenvalue weighted by Gasteiger charge is 2.23. The summed E-state index contributed by atoms with van der Waals surface area (Å²) in [6.07, 6.45) is 3.79. The molecule has 1 aliphatic heterocycles. The number of carbonyl (C=O) groups is 1. The van der Waals surface area contributed by atoms with Crippen molar-refractivity contribution in [2.75, 3.05) is 43.9 Å². The number of rotatable bonds is 8. The van der Waals surface area contributed by atoms with Crippen molar-refractivity contribution in [3.05, 3.63) is 50.6 Å². The second kappa shape index (κ2) is 10.8. The normalized spacial score (nSPS) is 16.1. The van der Waals surface area contributed by atoms with Crippen molar-refractivity contribution in [3.63, 3.8) is 0 Å². The summed E-state index contributed by atoms with van der Waals surface area (Å²) in [5, 5.41) is 3.77. The van der Waals surface area contributed by atoms with E-state index in [2.05, 4.69) is 34.3 Å². The van der Waals surface area contributed by atoms with E-state index in [0.717, 1.165) is 91.6 Å². The van der Waals surface area contributed by atoms with Crippen molar-refractivity contribution >= 4 is 23.4 Å². The Balaban J connectivity index is 1.39. The maximum Gasteiger partial charge on any atom is 0.348 e. The van der Waals surface area contributed by atoms with Gasteiger partial charge in [0, 0.05) is 43.1 Å². The molecule has 1 N–H and O–H groups in total. The van der Waals surface area contributed by atoms with Gasteiger partial charge in [-0.15, -0.1) is 0 Å². The number of anilines is 1. The van der Waals surface area contributed by atoms with Crippen molar-refractivity contribution in [3.8, 4) is 0 Å². The highest BCUT2D eigenvalue weighted by atomic mass is 32.2. The van der Waals surface area contributed by atoms with Crippen molar-refractivity contribution < 1.29 is 9.53 Å². The fourth-order valence-corrected chi connectivity index (χ4v) is 5.78. The number of ether oxygens (including phenoxy) is 1. The van der Waals surface area contributed by atoms with Gasteiger partial charge in [0.1, 0.15) is 5.03 Å². The Morgan fingerprint density at radius 3 is 2.58 bits per heavy atom. The second-order valence-electron chi connectivity index (χ2n) is 9.05. The molecule has 2 heterocycles. The maximum atomic E-state index is 12.8. The minimum absolute atomic E-state index is 0.0710. The predicted octanol–water partition coefficient (Wildman–Crippen LogP) is 3.11. The number of nitrogens with one attached hydrogen (secondary N) is 1. The molecule has 1 aromatic carbocycles. The summed E-state index contributed by atoms with van der Waals surface area (Å²) in [7, 11) is 0. The van der Waals surface area contributed by atoms with E-state index >= 15 is 0 Å². The van der Waals surface area contributed by atoms with Crippen molar-refractivity contribution in [1.82, 2.24) is 14.5 Å². The fourth-order valence-electron chi connectivity index (χ4n) is 4.90. The smallest absolute Gasteiger partial charge is 0.348 e. The van der Waals surface area contributed by atoms with Crippen LogP contribution in [0.2, 0.25) is 0 Å². The van der Waals surface area contributed by atoms with Gasteiger partial charge in [-0.05, 0) is 57.6 Å². The molecule has 1 aromatic heterocycles. The fraction of sp³-hybridized carbons (Fsp3) is 0.560. The highest BCUT2D eigenvalue weighted by Crippen LogP contribution is 2.30. The van der Waals surface area contributed by atoms with Crippen molar-refractivity contribution in [2.45, 2.75) is 58.0 Å². The van der Waals surface area contributed by atoms with Gasteiger partial charge in [0.05, 0.1) is 19.0 Å². The van der Waals surface area contributed by atoms with Crippen LogP contribution in [0.3, 0.4) is 0 Å². The van der Waals surface area contributed by atoms with Crippen LogP contribution in [0.1, 0.15) is 40.8 Å². The van der Waals surface area contributed by atoms with Crippen LogP contribution < -0.4 is 11.0 Å². The van der Waals surface area contributed by atoms with E-state index < -0.39 is 0 Å². The third kappa shape index (κ3) is 5.86. The number of aryl methyl sites for hydroxylation is 3. The molecule has 33 heavy (non-hydrogen) atoms. The molecular weight excluding hydrogens is 436 g/mol. The zero-order valence-electron chi connectivity index (χ0n) is 19.9. The van der Waals surface area contributed by atoms with E-state index in [9.17, 15) is 9.59 Å². The number of nitrogens with zero attached hydrogens (tertiary/aromatic N) is 3. The van der Waals surface area contributed by atoms with Gasteiger partial charge in [-0.25, -0.2) is 4.79 Å². The summed E-state index contributed by atoms with van der Waals surface area (Å²) in [6, 6.07) is 4.14. The summed E-state index contributed by atoms with van der Waals surface area (Å²) >= 11 is 1.38. The zero-order chi connectivity index (χ0) is 23.4. The van der Waals surface area contributed by atoms with Gasteiger partial charge in [0.15, 0.2) is 0 Å². The van der Waals surface area contributed by atoms with Crippen LogP contribution in [0.5, 0.6) is 0 Å². The summed E-state index contributed by atoms with van der Waals surface area (Å²) in [5.74, 6) is 0.172. The quantitative estimate of drug-likeness (QED) is 0.472. The Morgan fingerprint density at radius 2 is 1.85 bits per heavy atom. The molecule has 4 rings (SSSR count). The van der Waals surface area contributed by atoms with Crippen LogP contribution >= 0.6 is 11.8 Å². The number of thioether (sulfide) groups is 1. The maximum absolute atomic E-state index is 12.8. The molecule has 1 fully saturated rings. The average Bonchev–Trinajstić information content (AvgIpc) is 3.27. The molecule has 1 aliphatic carbocycles. The Bertz CT molecular complexity index is 1050. The van der Waals surface area contributed by atoms with Gasteiger partial charge in [0.25, 0.3) is 0 Å². The number of hydrogen-bond acceptors (Lipinski definition) is 6. The standard InChI is InChI=1S/C25H34N4O3S/c1-17-14-18(2)23(19(3)15-17)26-22(30)16-33-24-20-6-4-7-21(20)29(25(31)27-24)9-5-8-28-10-12-32-13-11-28/h14-15H,4-13,16H2,1-3H3,(H,26,30). The molecule has 1 saturated heterocycles. The summed E-state index contributed by atoms with van der Waals surface area (Å²) in [6.45, 7) is 11.3. The summed E-state index contributed by atoms with van der Waals surface area (Å²) in [4.78, 5) is 32.3. The molecule has 0 unspecified atom stereocenters. The first-order valence-corrected chi connectivity index (χ1v) is 12.8. The van der Waals surface area contributed by atoms with Gasteiger partial charge >= 0.3 is 5.69 Å². The first-order chi connectivity index (χ1) is 15.9. The van der Waals surface area contributed by atoms with Crippen LogP contribution in [0.15, 0.2) is 22.0 Å². The monoisotopic (exact) mass is 470 g/mol. The van der Waals surface area contributed by atoms with Crippen molar-refractivity contribution in [2.24, 2.45) is 0 Å². The average molecular weight is 471 g/mol. The minimum atomic E-state index is -0.189. The van der Waals surface area contributed by atoms with E-state index in [1.165, 1.54) is 17.3 Å². The van der Waals surface area contributed by atoms with Crippen LogP contribution in [0.4, 0.5) is 5.69 Å². The lowest BCUT2D eigenvalue weighted by Gasteiger charge is -2.26. The number of amides is 1. The molecule has 7 nitrogen and oxygen atoms in total. The molecule has 0 spiro atoms. The third-order valence-electron chi connectivity index (χ3n) is 6.44. The molecule has 0 saturated carbocycles. The molecule has 2 aromatic rings. The Labute approximate surface area is 199 Å². The molecule has 1 amide bonds. The Morgan fingerprint density at radius 1 is 1.12 bits per heavy atom. The predicted molar refractivity (Wildman–Crippen MR) is 132 cm³/mol. The lowest BCUT2D eigenvalue weighted by molar-refractivity contribution is -0.113. The van der Waals surface area contributed by atoms with E-state index in [1.807, 2.05) is 18.4 Å². The number of fused-ring (bicyclic) bond motifs is 1. The van der Waals surface area contributed by atoms with E-state index in [1.54, 1.807) is 0 Å². The molecular formula is C25H34N4O3S. The van der Waals surface area contributed by atoms with Crippen LogP contribution in [-0.2, 0) is 28.9 Å². The second-order valence-corrected chi connectivity index (χ2v) is 10.0. The number of carbonyl (C=O) groups excluding carboxylic acids is 1. The minimum Gasteiger partial charge on any atom is -0.379 e. The number of aromatic nitrogens is 2. The van der Waals surface area contributed by atoms with E-state index in [0.29, 0.717) is 6.54 Å². The molecule has 2 aliphatic rings. The van der Waals surface area contributed by atoms with Gasteiger partial charge < -0.3 is 10.1 Å². The summed E-state index contributed by atoms with van der Waals surface area (Å²) in [5.41, 5.74) is 6.26. The molecule has 0 atom stereocenters. The first kappa shape index (κ1) is 24.0. The molecule has 8 heteroatoms. The van der Waals surface area contributed by atoms with Crippen molar-refractivity contribution in [1.29, 1.82) is 0 Å². The highest BCUT2D eigenvalue weighted by molar-refractivity contribution is 8.00. The SMILES string of the molecule is Cc1cc(C)c(NC(=O)CSc2nc(=O)n(CCCN3CCOCC3)c3c2CCC3)c(C)c1. The van der Waals surface area contributed by atoms with Crippen LogP contribution in [0, 0.1) is 20.8 Å². The largest absolute Gasteiger partial charge is 0.379 e. The van der Waals surface area contributed by atoms with Gasteiger partial charge in [-0.2, -0.15) is 4.98 Å².